The summed E-state index contributed by atoms with van der Waals surface area (Å²) in [6, 6.07) is -0.753. The summed E-state index contributed by atoms with van der Waals surface area (Å²) in [5, 5.41) is 11.4. The first kappa shape index (κ1) is 13.9. The van der Waals surface area contributed by atoms with Crippen molar-refractivity contribution in [3.05, 3.63) is 0 Å². The van der Waals surface area contributed by atoms with Crippen LogP contribution in [0.4, 0.5) is 0 Å². The average Bonchev–Trinajstić information content (AvgIpc) is 2.09. The van der Waals surface area contributed by atoms with Crippen LogP contribution < -0.4 is 5.32 Å². The first-order valence-corrected chi connectivity index (χ1v) is 5.28. The minimum absolute atomic E-state index is 0.0879. The number of carbonyl (C=O) groups is 2. The molecule has 0 heterocycles. The van der Waals surface area contributed by atoms with Gasteiger partial charge in [0.05, 0.1) is 0 Å². The third-order valence-electron chi connectivity index (χ3n) is 2.14. The molecule has 0 saturated carbocycles. The van der Waals surface area contributed by atoms with Crippen molar-refractivity contribution in [3.8, 4) is 0 Å². The van der Waals surface area contributed by atoms with Crippen LogP contribution in [0.5, 0.6) is 0 Å². The van der Waals surface area contributed by atoms with E-state index >= 15 is 0 Å². The fourth-order valence-electron chi connectivity index (χ4n) is 1.13. The third kappa shape index (κ3) is 6.94. The highest BCUT2D eigenvalue weighted by Crippen LogP contribution is 2.21. The number of hydrogen-bond acceptors (Lipinski definition) is 2. The molecule has 2 N–H and O–H groups in total. The minimum Gasteiger partial charge on any atom is -0.480 e. The highest BCUT2D eigenvalue weighted by Gasteiger charge is 2.21. The van der Waals surface area contributed by atoms with Crippen molar-refractivity contribution >= 4 is 11.9 Å². The second kappa shape index (κ2) is 5.73. The molecule has 1 amide bonds. The number of aliphatic carboxylic acids is 1. The van der Waals surface area contributed by atoms with Gasteiger partial charge in [0, 0.05) is 6.42 Å². The molecule has 0 spiro atoms. The maximum Gasteiger partial charge on any atom is 0.326 e. The fourth-order valence-corrected chi connectivity index (χ4v) is 1.13. The zero-order chi connectivity index (χ0) is 12.1. The third-order valence-corrected chi connectivity index (χ3v) is 2.14. The van der Waals surface area contributed by atoms with Crippen molar-refractivity contribution in [2.75, 3.05) is 0 Å². The van der Waals surface area contributed by atoms with Gasteiger partial charge in [0.1, 0.15) is 6.04 Å². The first-order valence-electron chi connectivity index (χ1n) is 5.28. The summed E-state index contributed by atoms with van der Waals surface area (Å²) in [7, 11) is 0. The van der Waals surface area contributed by atoms with E-state index in [4.69, 9.17) is 5.11 Å². The number of carboxylic acids is 1. The van der Waals surface area contributed by atoms with E-state index in [2.05, 4.69) is 5.32 Å². The maximum absolute atomic E-state index is 11.1. The Labute approximate surface area is 91.1 Å². The number of carbonyl (C=O) groups excluding carboxylic acids is 1. The van der Waals surface area contributed by atoms with Gasteiger partial charge in [-0.15, -0.1) is 0 Å². The number of hydrogen-bond donors (Lipinski definition) is 2. The molecule has 1 atom stereocenters. The van der Waals surface area contributed by atoms with Crippen LogP contribution in [0.1, 0.15) is 47.0 Å². The molecule has 0 bridgehead atoms. The van der Waals surface area contributed by atoms with E-state index in [1.54, 1.807) is 6.92 Å². The molecule has 0 radical (unpaired) electrons. The lowest BCUT2D eigenvalue weighted by atomic mass is 9.88. The SMILES string of the molecule is CCC(=O)NC(CCC(C)(C)C)C(=O)O. The van der Waals surface area contributed by atoms with Crippen LogP contribution in [-0.2, 0) is 9.59 Å². The van der Waals surface area contributed by atoms with Gasteiger partial charge in [0.25, 0.3) is 0 Å². The van der Waals surface area contributed by atoms with Crippen molar-refractivity contribution in [1.29, 1.82) is 0 Å². The Hall–Kier alpha value is -1.06. The monoisotopic (exact) mass is 215 g/mol. The van der Waals surface area contributed by atoms with Crippen LogP contribution in [0.2, 0.25) is 0 Å². The normalized spacial score (nSPS) is 13.3. The van der Waals surface area contributed by atoms with E-state index in [1.807, 2.05) is 20.8 Å². The lowest BCUT2D eigenvalue weighted by Gasteiger charge is -2.21. The second-order valence-corrected chi connectivity index (χ2v) is 4.91. The lowest BCUT2D eigenvalue weighted by molar-refractivity contribution is -0.142. The van der Waals surface area contributed by atoms with E-state index in [0.717, 1.165) is 6.42 Å². The van der Waals surface area contributed by atoms with Gasteiger partial charge in [-0.2, -0.15) is 0 Å². The van der Waals surface area contributed by atoms with E-state index in [1.165, 1.54) is 0 Å². The molecule has 0 aromatic carbocycles. The maximum atomic E-state index is 11.1. The Morgan fingerprint density at radius 3 is 2.20 bits per heavy atom. The summed E-state index contributed by atoms with van der Waals surface area (Å²) in [6.07, 6.45) is 1.57. The number of rotatable bonds is 5. The van der Waals surface area contributed by atoms with Crippen LogP contribution in [0.25, 0.3) is 0 Å². The Morgan fingerprint density at radius 1 is 1.33 bits per heavy atom. The predicted octanol–water partition coefficient (Wildman–Crippen LogP) is 1.79. The van der Waals surface area contributed by atoms with E-state index in [9.17, 15) is 9.59 Å². The minimum atomic E-state index is -0.957. The summed E-state index contributed by atoms with van der Waals surface area (Å²) < 4.78 is 0. The average molecular weight is 215 g/mol. The van der Waals surface area contributed by atoms with E-state index in [-0.39, 0.29) is 11.3 Å². The van der Waals surface area contributed by atoms with Gasteiger partial charge in [-0.3, -0.25) is 4.79 Å². The van der Waals surface area contributed by atoms with Crippen LogP contribution >= 0.6 is 0 Å². The number of carboxylic acid groups (broad SMARTS) is 1. The quantitative estimate of drug-likeness (QED) is 0.734. The molecule has 0 fully saturated rings. The van der Waals surface area contributed by atoms with Gasteiger partial charge in [-0.05, 0) is 18.3 Å². The zero-order valence-corrected chi connectivity index (χ0v) is 9.96. The highest BCUT2D eigenvalue weighted by molar-refractivity contribution is 5.83. The van der Waals surface area contributed by atoms with E-state index in [0.29, 0.717) is 12.8 Å². The summed E-state index contributed by atoms with van der Waals surface area (Å²) >= 11 is 0. The molecular formula is C11H21NO3. The van der Waals surface area contributed by atoms with Gasteiger partial charge in [-0.25, -0.2) is 4.79 Å². The standard InChI is InChI=1S/C11H21NO3/c1-5-9(13)12-8(10(14)15)6-7-11(2,3)4/h8H,5-7H2,1-4H3,(H,12,13)(H,14,15). The van der Waals surface area contributed by atoms with Gasteiger partial charge in [0.15, 0.2) is 0 Å². The van der Waals surface area contributed by atoms with Crippen molar-refractivity contribution in [3.63, 3.8) is 0 Å². The second-order valence-electron chi connectivity index (χ2n) is 4.91. The Morgan fingerprint density at radius 2 is 1.87 bits per heavy atom. The molecule has 0 aliphatic carbocycles. The fraction of sp³-hybridized carbons (Fsp3) is 0.818. The van der Waals surface area contributed by atoms with Gasteiger partial charge in [0.2, 0.25) is 5.91 Å². The Kier molecular flexibility index (Phi) is 5.33. The van der Waals surface area contributed by atoms with Gasteiger partial charge < -0.3 is 10.4 Å². The van der Waals surface area contributed by atoms with Crippen molar-refractivity contribution in [1.82, 2.24) is 5.32 Å². The largest absolute Gasteiger partial charge is 0.480 e. The molecule has 0 aromatic heterocycles. The van der Waals surface area contributed by atoms with Crippen molar-refractivity contribution in [2.24, 2.45) is 5.41 Å². The molecule has 0 aliphatic heterocycles. The van der Waals surface area contributed by atoms with Crippen molar-refractivity contribution < 1.29 is 14.7 Å². The van der Waals surface area contributed by atoms with Gasteiger partial charge >= 0.3 is 5.97 Å². The first-order chi connectivity index (χ1) is 6.76. The molecule has 1 unspecified atom stereocenters. The Bertz CT molecular complexity index is 230. The molecule has 0 aliphatic rings. The number of nitrogens with one attached hydrogen (secondary N) is 1. The van der Waals surface area contributed by atoms with Crippen LogP contribution in [-0.4, -0.2) is 23.0 Å². The van der Waals surface area contributed by atoms with Crippen molar-refractivity contribution in [2.45, 2.75) is 53.0 Å². The summed E-state index contributed by atoms with van der Waals surface area (Å²) in [5.41, 5.74) is 0.0879. The Balaban J connectivity index is 4.18. The smallest absolute Gasteiger partial charge is 0.326 e. The predicted molar refractivity (Wildman–Crippen MR) is 58.5 cm³/mol. The molecule has 0 rings (SSSR count). The molecule has 0 saturated heterocycles. The summed E-state index contributed by atoms with van der Waals surface area (Å²) in [6.45, 7) is 7.85. The van der Waals surface area contributed by atoms with Crippen LogP contribution in [0, 0.1) is 5.41 Å². The molecule has 0 aromatic rings. The molecule has 15 heavy (non-hydrogen) atoms. The highest BCUT2D eigenvalue weighted by atomic mass is 16.4. The number of amides is 1. The topological polar surface area (TPSA) is 66.4 Å². The van der Waals surface area contributed by atoms with Gasteiger partial charge in [-0.1, -0.05) is 27.7 Å². The zero-order valence-electron chi connectivity index (χ0n) is 9.96. The van der Waals surface area contributed by atoms with Crippen LogP contribution in [0.3, 0.4) is 0 Å². The lowest BCUT2D eigenvalue weighted by Crippen LogP contribution is -2.40. The van der Waals surface area contributed by atoms with E-state index < -0.39 is 12.0 Å². The molecular weight excluding hydrogens is 194 g/mol. The molecule has 88 valence electrons. The molecule has 4 nitrogen and oxygen atoms in total. The molecule has 4 heteroatoms. The summed E-state index contributed by atoms with van der Waals surface area (Å²) in [5.74, 6) is -1.17. The van der Waals surface area contributed by atoms with Crippen LogP contribution in [0.15, 0.2) is 0 Å². The summed E-state index contributed by atoms with van der Waals surface area (Å²) in [4.78, 5) is 21.9.